The Hall–Kier alpha value is -1.89. The lowest BCUT2D eigenvalue weighted by molar-refractivity contribution is -0.143. The first-order chi connectivity index (χ1) is 9.45. The lowest BCUT2D eigenvalue weighted by atomic mass is 9.99. The number of carbonyl (C=O) groups is 3. The van der Waals surface area contributed by atoms with Crippen LogP contribution in [0.1, 0.15) is 29.9 Å². The summed E-state index contributed by atoms with van der Waals surface area (Å²) in [6, 6.07) is 2.45. The molecule has 0 aliphatic rings. The third-order valence-electron chi connectivity index (χ3n) is 2.95. The summed E-state index contributed by atoms with van der Waals surface area (Å²) in [5.74, 6) is -2.10. The van der Waals surface area contributed by atoms with E-state index in [0.29, 0.717) is 11.3 Å². The number of amides is 2. The van der Waals surface area contributed by atoms with Crippen LogP contribution in [-0.2, 0) is 9.59 Å². The predicted molar refractivity (Wildman–Crippen MR) is 75.7 cm³/mol. The standard InChI is InChI=1S/C13H18N2O4S/c1-3-8(2)11(13(18)19)15-10(16)7-14-12(17)9-5-4-6-20-9/h4-6,8,11H,3,7H2,1-2H3,(H,14,17)(H,15,16)(H,18,19)/t8?,11-/m0/s1. The van der Waals surface area contributed by atoms with Gasteiger partial charge in [-0.1, -0.05) is 26.3 Å². The molecular formula is C13H18N2O4S. The maximum absolute atomic E-state index is 11.7. The highest BCUT2D eigenvalue weighted by Crippen LogP contribution is 2.08. The Morgan fingerprint density at radius 1 is 1.40 bits per heavy atom. The summed E-state index contributed by atoms with van der Waals surface area (Å²) < 4.78 is 0. The number of carbonyl (C=O) groups excluding carboxylic acids is 2. The molecule has 1 unspecified atom stereocenters. The molecule has 0 aromatic carbocycles. The van der Waals surface area contributed by atoms with Crippen LogP contribution in [0.2, 0.25) is 0 Å². The van der Waals surface area contributed by atoms with Gasteiger partial charge in [-0.15, -0.1) is 11.3 Å². The molecule has 2 amide bonds. The monoisotopic (exact) mass is 298 g/mol. The number of thiophene rings is 1. The van der Waals surface area contributed by atoms with Crippen LogP contribution in [-0.4, -0.2) is 35.5 Å². The molecule has 0 fully saturated rings. The third-order valence-corrected chi connectivity index (χ3v) is 3.82. The predicted octanol–water partition coefficient (Wildman–Crippen LogP) is 1.09. The molecule has 3 N–H and O–H groups in total. The Labute approximate surface area is 121 Å². The zero-order valence-electron chi connectivity index (χ0n) is 11.4. The molecule has 0 aliphatic heterocycles. The molecule has 0 aliphatic carbocycles. The molecule has 7 heteroatoms. The molecule has 1 heterocycles. The first-order valence-corrected chi connectivity index (χ1v) is 7.17. The van der Waals surface area contributed by atoms with E-state index in [0.717, 1.165) is 0 Å². The summed E-state index contributed by atoms with van der Waals surface area (Å²) in [5.41, 5.74) is 0. The van der Waals surface area contributed by atoms with Gasteiger partial charge in [-0.3, -0.25) is 9.59 Å². The molecule has 0 saturated heterocycles. The SMILES string of the molecule is CCC(C)[C@H](NC(=O)CNC(=O)c1cccs1)C(=O)O. The maximum Gasteiger partial charge on any atom is 0.326 e. The largest absolute Gasteiger partial charge is 0.480 e. The van der Waals surface area contributed by atoms with Crippen LogP contribution in [0.3, 0.4) is 0 Å². The van der Waals surface area contributed by atoms with Gasteiger partial charge in [-0.05, 0) is 17.4 Å². The van der Waals surface area contributed by atoms with Crippen molar-refractivity contribution >= 4 is 29.1 Å². The number of rotatable bonds is 7. The summed E-state index contributed by atoms with van der Waals surface area (Å²) in [7, 11) is 0. The van der Waals surface area contributed by atoms with Gasteiger partial charge in [0.1, 0.15) is 6.04 Å². The van der Waals surface area contributed by atoms with E-state index in [4.69, 9.17) is 5.11 Å². The molecule has 0 radical (unpaired) electrons. The van der Waals surface area contributed by atoms with E-state index in [1.165, 1.54) is 11.3 Å². The molecule has 0 saturated carbocycles. The molecule has 6 nitrogen and oxygen atoms in total. The molecule has 110 valence electrons. The van der Waals surface area contributed by atoms with Crippen LogP contribution in [0.15, 0.2) is 17.5 Å². The molecule has 1 aromatic heterocycles. The fourth-order valence-electron chi connectivity index (χ4n) is 1.56. The maximum atomic E-state index is 11.7. The Balaban J connectivity index is 2.46. The Morgan fingerprint density at radius 2 is 2.10 bits per heavy atom. The molecule has 0 spiro atoms. The topological polar surface area (TPSA) is 95.5 Å². The van der Waals surface area contributed by atoms with Crippen molar-refractivity contribution in [2.45, 2.75) is 26.3 Å². The summed E-state index contributed by atoms with van der Waals surface area (Å²) in [4.78, 5) is 34.9. The van der Waals surface area contributed by atoms with Crippen molar-refractivity contribution in [3.63, 3.8) is 0 Å². The number of aliphatic carboxylic acids is 1. The summed E-state index contributed by atoms with van der Waals surface area (Å²) in [5, 5.41) is 15.7. The lowest BCUT2D eigenvalue weighted by Crippen LogP contribution is -2.48. The first-order valence-electron chi connectivity index (χ1n) is 6.29. The lowest BCUT2D eigenvalue weighted by Gasteiger charge is -2.20. The zero-order valence-corrected chi connectivity index (χ0v) is 12.2. The second kappa shape index (κ2) is 7.64. The summed E-state index contributed by atoms with van der Waals surface area (Å²) >= 11 is 1.27. The van der Waals surface area contributed by atoms with Crippen molar-refractivity contribution in [2.24, 2.45) is 5.92 Å². The van der Waals surface area contributed by atoms with Crippen LogP contribution in [0.4, 0.5) is 0 Å². The second-order valence-electron chi connectivity index (χ2n) is 4.43. The van der Waals surface area contributed by atoms with Crippen LogP contribution < -0.4 is 10.6 Å². The van der Waals surface area contributed by atoms with Gasteiger partial charge < -0.3 is 15.7 Å². The van der Waals surface area contributed by atoms with Crippen molar-refractivity contribution in [1.29, 1.82) is 0 Å². The van der Waals surface area contributed by atoms with Gasteiger partial charge in [0.05, 0.1) is 11.4 Å². The Bertz CT molecular complexity index is 473. The van der Waals surface area contributed by atoms with Gasteiger partial charge in [-0.2, -0.15) is 0 Å². The first kappa shape index (κ1) is 16.2. The fraction of sp³-hybridized carbons (Fsp3) is 0.462. The highest BCUT2D eigenvalue weighted by molar-refractivity contribution is 7.12. The smallest absolute Gasteiger partial charge is 0.326 e. The van der Waals surface area contributed by atoms with Crippen molar-refractivity contribution in [3.8, 4) is 0 Å². The number of hydrogen-bond donors (Lipinski definition) is 3. The van der Waals surface area contributed by atoms with Crippen LogP contribution >= 0.6 is 11.3 Å². The third kappa shape index (κ3) is 4.65. The van der Waals surface area contributed by atoms with E-state index in [1.807, 2.05) is 6.92 Å². The molecule has 20 heavy (non-hydrogen) atoms. The fourth-order valence-corrected chi connectivity index (χ4v) is 2.20. The minimum absolute atomic E-state index is 0.176. The molecule has 1 aromatic rings. The van der Waals surface area contributed by atoms with E-state index in [-0.39, 0.29) is 18.4 Å². The van der Waals surface area contributed by atoms with Crippen molar-refractivity contribution in [3.05, 3.63) is 22.4 Å². The average Bonchev–Trinajstić information content (AvgIpc) is 2.95. The average molecular weight is 298 g/mol. The number of hydrogen-bond acceptors (Lipinski definition) is 4. The minimum Gasteiger partial charge on any atom is -0.480 e. The van der Waals surface area contributed by atoms with E-state index >= 15 is 0 Å². The zero-order chi connectivity index (χ0) is 15.1. The Morgan fingerprint density at radius 3 is 2.60 bits per heavy atom. The molecule has 1 rings (SSSR count). The second-order valence-corrected chi connectivity index (χ2v) is 5.38. The van der Waals surface area contributed by atoms with Gasteiger partial charge in [0.25, 0.3) is 5.91 Å². The van der Waals surface area contributed by atoms with Crippen LogP contribution in [0.25, 0.3) is 0 Å². The van der Waals surface area contributed by atoms with Crippen molar-refractivity contribution in [1.82, 2.24) is 10.6 Å². The summed E-state index contributed by atoms with van der Waals surface area (Å²) in [6.07, 6.45) is 0.638. The van der Waals surface area contributed by atoms with Crippen molar-refractivity contribution in [2.75, 3.05) is 6.54 Å². The van der Waals surface area contributed by atoms with Gasteiger partial charge >= 0.3 is 5.97 Å². The normalized spacial score (nSPS) is 13.3. The molecular weight excluding hydrogens is 280 g/mol. The van der Waals surface area contributed by atoms with Crippen LogP contribution in [0.5, 0.6) is 0 Å². The van der Waals surface area contributed by atoms with E-state index in [9.17, 15) is 14.4 Å². The number of nitrogens with one attached hydrogen (secondary N) is 2. The highest BCUT2D eigenvalue weighted by atomic mass is 32.1. The number of carboxylic acids is 1. The van der Waals surface area contributed by atoms with Gasteiger partial charge in [0, 0.05) is 0 Å². The van der Waals surface area contributed by atoms with Crippen LogP contribution in [0, 0.1) is 5.92 Å². The van der Waals surface area contributed by atoms with Gasteiger partial charge in [-0.25, -0.2) is 4.79 Å². The molecule has 2 atom stereocenters. The molecule has 0 bridgehead atoms. The number of carboxylic acid groups (broad SMARTS) is 1. The Kier molecular flexibility index (Phi) is 6.17. The van der Waals surface area contributed by atoms with E-state index < -0.39 is 17.9 Å². The minimum atomic E-state index is -1.07. The van der Waals surface area contributed by atoms with Gasteiger partial charge in [0.2, 0.25) is 5.91 Å². The van der Waals surface area contributed by atoms with Gasteiger partial charge in [0.15, 0.2) is 0 Å². The summed E-state index contributed by atoms with van der Waals surface area (Å²) in [6.45, 7) is 3.37. The quantitative estimate of drug-likeness (QED) is 0.702. The highest BCUT2D eigenvalue weighted by Gasteiger charge is 2.25. The van der Waals surface area contributed by atoms with Crippen molar-refractivity contribution < 1.29 is 19.5 Å². The van der Waals surface area contributed by atoms with E-state index in [1.54, 1.807) is 24.4 Å². The van der Waals surface area contributed by atoms with E-state index in [2.05, 4.69) is 10.6 Å².